The molecule has 1 amide bonds. The molecule has 2 aromatic carbocycles. The number of piperazine rings is 1. The summed E-state index contributed by atoms with van der Waals surface area (Å²) >= 11 is 0. The van der Waals surface area contributed by atoms with Crippen molar-refractivity contribution in [2.24, 2.45) is 0 Å². The number of carbonyl (C=O) groups is 1. The van der Waals surface area contributed by atoms with Crippen LogP contribution in [0.25, 0.3) is 11.3 Å². The summed E-state index contributed by atoms with van der Waals surface area (Å²) in [7, 11) is 1.64. The second kappa shape index (κ2) is 9.79. The fraction of sp³-hybridized carbons (Fsp3) is 0.250. The second-order valence-electron chi connectivity index (χ2n) is 7.30. The van der Waals surface area contributed by atoms with Crippen LogP contribution >= 0.6 is 0 Å². The van der Waals surface area contributed by atoms with Crippen LogP contribution < -0.4 is 14.4 Å². The Morgan fingerprint density at radius 2 is 1.62 bits per heavy atom. The molecule has 0 saturated carbocycles. The molecule has 8 nitrogen and oxygen atoms in total. The lowest BCUT2D eigenvalue weighted by atomic mass is 10.1. The van der Waals surface area contributed by atoms with Crippen molar-refractivity contribution in [2.45, 2.75) is 0 Å². The fourth-order valence-corrected chi connectivity index (χ4v) is 3.46. The maximum Gasteiger partial charge on any atom is 0.260 e. The summed E-state index contributed by atoms with van der Waals surface area (Å²) in [6.45, 7) is 2.52. The Morgan fingerprint density at radius 3 is 2.22 bits per heavy atom. The van der Waals surface area contributed by atoms with E-state index < -0.39 is 0 Å². The Morgan fingerprint density at radius 1 is 0.938 bits per heavy atom. The molecule has 1 aliphatic rings. The molecule has 3 aromatic rings. The molecular weight excluding hydrogens is 406 g/mol. The Labute approximate surface area is 186 Å². The zero-order chi connectivity index (χ0) is 22.3. The molecule has 1 saturated heterocycles. The van der Waals surface area contributed by atoms with Crippen LogP contribution in [-0.4, -0.2) is 60.9 Å². The molecular formula is C24H23N5O3. The van der Waals surface area contributed by atoms with E-state index in [2.05, 4.69) is 21.2 Å². The molecule has 1 aromatic heterocycles. The van der Waals surface area contributed by atoms with E-state index in [0.717, 1.165) is 22.8 Å². The first-order valence-electron chi connectivity index (χ1n) is 10.3. The third-order valence-corrected chi connectivity index (χ3v) is 5.34. The summed E-state index contributed by atoms with van der Waals surface area (Å²) in [6, 6.07) is 20.4. The van der Waals surface area contributed by atoms with Crippen LogP contribution in [0.15, 0.2) is 60.7 Å². The van der Waals surface area contributed by atoms with Gasteiger partial charge in [0.25, 0.3) is 5.91 Å². The minimum atomic E-state index is -0.0602. The molecule has 0 radical (unpaired) electrons. The van der Waals surface area contributed by atoms with Crippen LogP contribution in [0.5, 0.6) is 11.5 Å². The van der Waals surface area contributed by atoms with Crippen molar-refractivity contribution in [3.8, 4) is 28.8 Å². The van der Waals surface area contributed by atoms with E-state index in [0.29, 0.717) is 37.5 Å². The van der Waals surface area contributed by atoms with E-state index in [-0.39, 0.29) is 12.5 Å². The van der Waals surface area contributed by atoms with Gasteiger partial charge in [0.15, 0.2) is 12.4 Å². The fourth-order valence-electron chi connectivity index (χ4n) is 3.46. The molecule has 32 heavy (non-hydrogen) atoms. The molecule has 1 aliphatic heterocycles. The van der Waals surface area contributed by atoms with Gasteiger partial charge in [-0.2, -0.15) is 5.26 Å². The molecule has 1 fully saturated rings. The topological polar surface area (TPSA) is 91.6 Å². The molecule has 0 atom stereocenters. The lowest BCUT2D eigenvalue weighted by Gasteiger charge is -2.35. The van der Waals surface area contributed by atoms with Crippen LogP contribution in [0, 0.1) is 11.3 Å². The standard InChI is InChI=1S/C24H23N5O3/c1-31-20-8-4-19(5-9-20)22-10-11-23(27-26-22)28-12-14-29(15-13-28)24(30)17-32-21-6-2-18(16-25)3-7-21/h2-11H,12-15,17H2,1H3. The molecule has 0 aliphatic carbocycles. The van der Waals surface area contributed by atoms with Gasteiger partial charge in [-0.25, -0.2) is 0 Å². The number of carbonyl (C=O) groups excluding carboxylic acids is 1. The van der Waals surface area contributed by atoms with E-state index >= 15 is 0 Å². The summed E-state index contributed by atoms with van der Waals surface area (Å²) in [5, 5.41) is 17.6. The van der Waals surface area contributed by atoms with E-state index in [4.69, 9.17) is 14.7 Å². The maximum atomic E-state index is 12.5. The van der Waals surface area contributed by atoms with Gasteiger partial charge in [-0.1, -0.05) is 0 Å². The third-order valence-electron chi connectivity index (χ3n) is 5.34. The van der Waals surface area contributed by atoms with Crippen molar-refractivity contribution in [1.29, 1.82) is 5.26 Å². The molecule has 8 heteroatoms. The summed E-state index contributed by atoms with van der Waals surface area (Å²) in [5.74, 6) is 2.11. The summed E-state index contributed by atoms with van der Waals surface area (Å²) in [6.07, 6.45) is 0. The largest absolute Gasteiger partial charge is 0.497 e. The van der Waals surface area contributed by atoms with Crippen molar-refractivity contribution in [3.63, 3.8) is 0 Å². The van der Waals surface area contributed by atoms with Gasteiger partial charge in [-0.05, 0) is 60.7 Å². The summed E-state index contributed by atoms with van der Waals surface area (Å²) < 4.78 is 10.7. The lowest BCUT2D eigenvalue weighted by Crippen LogP contribution is -2.50. The molecule has 0 N–H and O–H groups in total. The number of aromatic nitrogens is 2. The number of nitrogens with zero attached hydrogens (tertiary/aromatic N) is 5. The SMILES string of the molecule is COc1ccc(-c2ccc(N3CCN(C(=O)COc4ccc(C#N)cc4)CC3)nn2)cc1. The number of ether oxygens (including phenoxy) is 2. The zero-order valence-corrected chi connectivity index (χ0v) is 17.8. The van der Waals surface area contributed by atoms with Gasteiger partial charge in [-0.3, -0.25) is 4.79 Å². The quantitative estimate of drug-likeness (QED) is 0.595. The monoisotopic (exact) mass is 429 g/mol. The van der Waals surface area contributed by atoms with Crippen LogP contribution in [0.3, 0.4) is 0 Å². The molecule has 4 rings (SSSR count). The smallest absolute Gasteiger partial charge is 0.260 e. The Hall–Kier alpha value is -4.12. The molecule has 0 spiro atoms. The molecule has 162 valence electrons. The van der Waals surface area contributed by atoms with Crippen molar-refractivity contribution in [1.82, 2.24) is 15.1 Å². The second-order valence-corrected chi connectivity index (χ2v) is 7.30. The van der Waals surface area contributed by atoms with Crippen molar-refractivity contribution in [3.05, 3.63) is 66.2 Å². The number of anilines is 1. The van der Waals surface area contributed by atoms with E-state index in [1.807, 2.05) is 36.4 Å². The number of hydrogen-bond donors (Lipinski definition) is 0. The first-order chi connectivity index (χ1) is 15.7. The van der Waals surface area contributed by atoms with Gasteiger partial charge in [0.1, 0.15) is 11.5 Å². The number of nitriles is 1. The Kier molecular flexibility index (Phi) is 6.46. The van der Waals surface area contributed by atoms with Crippen LogP contribution in [0.2, 0.25) is 0 Å². The predicted octanol–water partition coefficient (Wildman–Crippen LogP) is 2.75. The highest BCUT2D eigenvalue weighted by Crippen LogP contribution is 2.22. The molecule has 0 bridgehead atoms. The maximum absolute atomic E-state index is 12.5. The average molecular weight is 429 g/mol. The van der Waals surface area contributed by atoms with E-state index in [9.17, 15) is 4.79 Å². The normalized spacial score (nSPS) is 13.4. The van der Waals surface area contributed by atoms with E-state index in [1.54, 1.807) is 36.3 Å². The van der Waals surface area contributed by atoms with Gasteiger partial charge in [-0.15, -0.1) is 10.2 Å². The highest BCUT2D eigenvalue weighted by Gasteiger charge is 2.22. The predicted molar refractivity (Wildman–Crippen MR) is 119 cm³/mol. The highest BCUT2D eigenvalue weighted by atomic mass is 16.5. The Balaban J connectivity index is 1.28. The van der Waals surface area contributed by atoms with Gasteiger partial charge < -0.3 is 19.3 Å². The van der Waals surface area contributed by atoms with Crippen molar-refractivity contribution in [2.75, 3.05) is 44.8 Å². The van der Waals surface area contributed by atoms with Crippen LogP contribution in [0.1, 0.15) is 5.56 Å². The summed E-state index contributed by atoms with van der Waals surface area (Å²) in [5.41, 5.74) is 2.33. The van der Waals surface area contributed by atoms with Gasteiger partial charge in [0, 0.05) is 31.7 Å². The molecule has 0 unspecified atom stereocenters. The third kappa shape index (κ3) is 4.95. The van der Waals surface area contributed by atoms with Crippen LogP contribution in [0.4, 0.5) is 5.82 Å². The van der Waals surface area contributed by atoms with Gasteiger partial charge in [0.2, 0.25) is 0 Å². The van der Waals surface area contributed by atoms with Gasteiger partial charge in [0.05, 0.1) is 24.4 Å². The number of methoxy groups -OCH3 is 1. The Bertz CT molecular complexity index is 1080. The number of rotatable bonds is 6. The summed E-state index contributed by atoms with van der Waals surface area (Å²) in [4.78, 5) is 16.4. The number of amides is 1. The van der Waals surface area contributed by atoms with Crippen molar-refractivity contribution >= 4 is 11.7 Å². The van der Waals surface area contributed by atoms with Crippen molar-refractivity contribution < 1.29 is 14.3 Å². The molecule has 2 heterocycles. The first-order valence-corrected chi connectivity index (χ1v) is 10.3. The number of hydrogen-bond acceptors (Lipinski definition) is 7. The lowest BCUT2D eigenvalue weighted by molar-refractivity contribution is -0.133. The van der Waals surface area contributed by atoms with E-state index in [1.165, 1.54) is 0 Å². The minimum absolute atomic E-state index is 0.0255. The minimum Gasteiger partial charge on any atom is -0.497 e. The average Bonchev–Trinajstić information content (AvgIpc) is 2.88. The van der Waals surface area contributed by atoms with Crippen LogP contribution in [-0.2, 0) is 4.79 Å². The van der Waals surface area contributed by atoms with Gasteiger partial charge >= 0.3 is 0 Å². The first kappa shape index (κ1) is 21.1. The number of benzene rings is 2. The highest BCUT2D eigenvalue weighted by molar-refractivity contribution is 5.78. The zero-order valence-electron chi connectivity index (χ0n) is 17.8.